The van der Waals surface area contributed by atoms with Gasteiger partial charge in [-0.15, -0.1) is 0 Å². The SMILES string of the molecule is COc1cc(-c2c3nc(c(-c4ccc(O)c(OC)c4)c4ccc([nH]4)c(-c4ccc(O)c(OC)c4)c4ccc([nH]4)c(-c4ccc(O)c(OC)c4)c4nc2C=C4)C=C3)ccc1O. The minimum absolute atomic E-state index is 0.00120. The Balaban J connectivity index is 1.48. The second-order valence-corrected chi connectivity index (χ2v) is 14.0. The van der Waals surface area contributed by atoms with Gasteiger partial charge in [-0.25, -0.2) is 9.97 Å². The van der Waals surface area contributed by atoms with Crippen molar-refractivity contribution >= 4 is 46.4 Å². The summed E-state index contributed by atoms with van der Waals surface area (Å²) >= 11 is 0. The fraction of sp³-hybridized carbons (Fsp3) is 0.0833. The molecule has 0 saturated heterocycles. The van der Waals surface area contributed by atoms with Gasteiger partial charge < -0.3 is 49.3 Å². The summed E-state index contributed by atoms with van der Waals surface area (Å²) in [7, 11) is 6.00. The molecule has 2 aliphatic rings. The van der Waals surface area contributed by atoms with Crippen molar-refractivity contribution in [3.05, 3.63) is 120 Å². The minimum atomic E-state index is -0.0109. The summed E-state index contributed by atoms with van der Waals surface area (Å²) in [5.41, 5.74) is 11.1. The molecule has 2 aliphatic heterocycles. The Hall–Kier alpha value is -8.12. The molecule has 0 saturated carbocycles. The first-order valence-corrected chi connectivity index (χ1v) is 18.8. The zero-order valence-electron chi connectivity index (χ0n) is 32.9. The maximum atomic E-state index is 10.6. The van der Waals surface area contributed by atoms with Crippen molar-refractivity contribution in [2.75, 3.05) is 28.4 Å². The third-order valence-corrected chi connectivity index (χ3v) is 10.6. The highest BCUT2D eigenvalue weighted by Gasteiger charge is 2.22. The number of phenols is 4. The van der Waals surface area contributed by atoms with Gasteiger partial charge in [0, 0.05) is 44.3 Å². The second kappa shape index (κ2) is 15.0. The number of hydrogen-bond acceptors (Lipinski definition) is 10. The van der Waals surface area contributed by atoms with Crippen molar-refractivity contribution < 1.29 is 39.4 Å². The fourth-order valence-electron chi connectivity index (χ4n) is 7.75. The molecule has 6 N–H and O–H groups in total. The molecule has 0 atom stereocenters. The van der Waals surface area contributed by atoms with Crippen LogP contribution in [-0.4, -0.2) is 68.8 Å². The normalized spacial score (nSPS) is 11.8. The maximum Gasteiger partial charge on any atom is 0.161 e. The van der Waals surface area contributed by atoms with E-state index in [0.29, 0.717) is 51.2 Å². The molecule has 298 valence electrons. The van der Waals surface area contributed by atoms with Crippen LogP contribution >= 0.6 is 0 Å². The molecule has 7 aromatic rings. The number of nitrogens with one attached hydrogen (secondary N) is 2. The Bertz CT molecular complexity index is 2950. The van der Waals surface area contributed by atoms with Crippen LogP contribution in [0.15, 0.2) is 97.1 Å². The van der Waals surface area contributed by atoms with Crippen molar-refractivity contribution in [1.29, 1.82) is 0 Å². The monoisotopic (exact) mass is 798 g/mol. The largest absolute Gasteiger partial charge is 0.504 e. The molecule has 60 heavy (non-hydrogen) atoms. The molecular weight excluding hydrogens is 761 g/mol. The van der Waals surface area contributed by atoms with Gasteiger partial charge in [0.05, 0.1) is 51.2 Å². The zero-order valence-corrected chi connectivity index (χ0v) is 32.9. The molecule has 12 nitrogen and oxygen atoms in total. The lowest BCUT2D eigenvalue weighted by Gasteiger charge is -2.10. The number of nitrogens with zero attached hydrogens (tertiary/aromatic N) is 2. The lowest BCUT2D eigenvalue weighted by atomic mass is 10.0. The van der Waals surface area contributed by atoms with Crippen molar-refractivity contribution in [1.82, 2.24) is 19.9 Å². The molecule has 12 heteroatoms. The number of hydrogen-bond donors (Lipinski definition) is 6. The molecule has 0 radical (unpaired) electrons. The molecule has 5 heterocycles. The average Bonchev–Trinajstić information content (AvgIpc) is 4.11. The Kier molecular flexibility index (Phi) is 9.36. The second-order valence-electron chi connectivity index (χ2n) is 14.0. The van der Waals surface area contributed by atoms with E-state index in [4.69, 9.17) is 28.9 Å². The molecular formula is C48H38N4O8. The molecule has 9 rings (SSSR count). The summed E-state index contributed by atoms with van der Waals surface area (Å²) in [6, 6.07) is 28.5. The van der Waals surface area contributed by atoms with Gasteiger partial charge in [-0.05, 0) is 119 Å². The third-order valence-electron chi connectivity index (χ3n) is 10.6. The number of ether oxygens (including phenoxy) is 4. The lowest BCUT2D eigenvalue weighted by Crippen LogP contribution is -1.93. The number of H-pyrrole nitrogens is 2. The van der Waals surface area contributed by atoms with Gasteiger partial charge in [0.15, 0.2) is 46.0 Å². The summed E-state index contributed by atoms with van der Waals surface area (Å²) < 4.78 is 22.2. The van der Waals surface area contributed by atoms with Gasteiger partial charge in [0.2, 0.25) is 0 Å². The van der Waals surface area contributed by atoms with E-state index in [0.717, 1.165) is 55.4 Å². The molecule has 0 aliphatic carbocycles. The number of benzene rings is 4. The molecule has 4 aromatic carbocycles. The first-order chi connectivity index (χ1) is 29.2. The summed E-state index contributed by atoms with van der Waals surface area (Å²) in [5.74, 6) is 1.16. The quantitative estimate of drug-likeness (QED) is 0.0868. The highest BCUT2D eigenvalue weighted by Crippen LogP contribution is 2.43. The van der Waals surface area contributed by atoms with Crippen LogP contribution in [0.25, 0.3) is 90.9 Å². The van der Waals surface area contributed by atoms with E-state index >= 15 is 0 Å². The zero-order chi connectivity index (χ0) is 41.7. The number of aromatic nitrogens is 4. The third kappa shape index (κ3) is 6.45. The van der Waals surface area contributed by atoms with Crippen LogP contribution < -0.4 is 18.9 Å². The van der Waals surface area contributed by atoms with E-state index in [9.17, 15) is 20.4 Å². The summed E-state index contributed by atoms with van der Waals surface area (Å²) in [6.07, 6.45) is 7.70. The highest BCUT2D eigenvalue weighted by molar-refractivity contribution is 6.00. The van der Waals surface area contributed by atoms with E-state index in [1.807, 2.05) is 66.8 Å². The van der Waals surface area contributed by atoms with Crippen LogP contribution in [-0.2, 0) is 0 Å². The standard InChI is InChI=1S/C48H38N4O8/c1-57-41-21-25(5-17-37(41)53)45-29-9-11-31(49-29)46(26-6-18-38(54)42(22-26)58-2)33-13-15-35(51-33)48(28-8-20-40(56)44(24-28)60-4)36-16-14-34(52-36)47(32-12-10-30(45)50-32)27-7-19-39(55)43(23-27)59-3/h5-24,49-50,53-56H,1-4H3. The van der Waals surface area contributed by atoms with Gasteiger partial charge >= 0.3 is 0 Å². The molecule has 3 aromatic heterocycles. The number of aromatic amines is 2. The van der Waals surface area contributed by atoms with Crippen LogP contribution in [0.3, 0.4) is 0 Å². The minimum Gasteiger partial charge on any atom is -0.504 e. The van der Waals surface area contributed by atoms with Crippen molar-refractivity contribution in [2.45, 2.75) is 0 Å². The van der Waals surface area contributed by atoms with E-state index in [-0.39, 0.29) is 28.7 Å². The maximum absolute atomic E-state index is 10.6. The Labute approximate surface area is 343 Å². The predicted octanol–water partition coefficient (Wildman–Crippen LogP) is 10.2. The van der Waals surface area contributed by atoms with E-state index in [1.165, 1.54) is 28.4 Å². The Morgan fingerprint density at radius 3 is 0.933 bits per heavy atom. The molecule has 0 fully saturated rings. The van der Waals surface area contributed by atoms with Crippen LogP contribution in [0.4, 0.5) is 0 Å². The van der Waals surface area contributed by atoms with E-state index in [1.54, 1.807) is 54.6 Å². The predicted molar refractivity (Wildman–Crippen MR) is 233 cm³/mol. The van der Waals surface area contributed by atoms with Gasteiger partial charge in [0.1, 0.15) is 0 Å². The topological polar surface area (TPSA) is 175 Å². The average molecular weight is 799 g/mol. The smallest absolute Gasteiger partial charge is 0.161 e. The van der Waals surface area contributed by atoms with Gasteiger partial charge in [-0.1, -0.05) is 24.3 Å². The molecule has 8 bridgehead atoms. The molecule has 0 spiro atoms. The van der Waals surface area contributed by atoms with Crippen LogP contribution in [0, 0.1) is 0 Å². The highest BCUT2D eigenvalue weighted by atomic mass is 16.5. The number of methoxy groups -OCH3 is 4. The number of fused-ring (bicyclic) bond motifs is 8. The van der Waals surface area contributed by atoms with E-state index in [2.05, 4.69) is 9.97 Å². The molecule has 0 unspecified atom stereocenters. The first kappa shape index (κ1) is 37.5. The number of aromatic hydroxyl groups is 4. The van der Waals surface area contributed by atoms with Crippen LogP contribution in [0.1, 0.15) is 22.8 Å². The Morgan fingerprint density at radius 1 is 0.350 bits per heavy atom. The van der Waals surface area contributed by atoms with Crippen molar-refractivity contribution in [3.63, 3.8) is 0 Å². The Morgan fingerprint density at radius 2 is 0.617 bits per heavy atom. The van der Waals surface area contributed by atoms with Crippen molar-refractivity contribution in [2.24, 2.45) is 0 Å². The van der Waals surface area contributed by atoms with Gasteiger partial charge in [-0.3, -0.25) is 0 Å². The fourth-order valence-corrected chi connectivity index (χ4v) is 7.75. The summed E-state index contributed by atoms with van der Waals surface area (Å²) in [4.78, 5) is 17.9. The van der Waals surface area contributed by atoms with Gasteiger partial charge in [-0.2, -0.15) is 0 Å². The summed E-state index contributed by atoms with van der Waals surface area (Å²) in [6.45, 7) is 0. The van der Waals surface area contributed by atoms with E-state index < -0.39 is 0 Å². The van der Waals surface area contributed by atoms with Crippen LogP contribution in [0.5, 0.6) is 46.0 Å². The lowest BCUT2D eigenvalue weighted by molar-refractivity contribution is 0.373. The number of rotatable bonds is 8. The molecule has 0 amide bonds. The van der Waals surface area contributed by atoms with Crippen molar-refractivity contribution in [3.8, 4) is 90.5 Å². The van der Waals surface area contributed by atoms with Crippen LogP contribution in [0.2, 0.25) is 0 Å². The van der Waals surface area contributed by atoms with Gasteiger partial charge in [0.25, 0.3) is 0 Å². The summed E-state index contributed by atoms with van der Waals surface area (Å²) in [5, 5.41) is 42.4. The first-order valence-electron chi connectivity index (χ1n) is 18.8. The number of phenolic OH excluding ortho intramolecular Hbond substituents is 4.